The summed E-state index contributed by atoms with van der Waals surface area (Å²) in [6.45, 7) is 6.52. The lowest BCUT2D eigenvalue weighted by Gasteiger charge is -2.24. The van der Waals surface area contributed by atoms with Gasteiger partial charge in [-0.05, 0) is 40.7 Å². The molecule has 3 heteroatoms. The maximum Gasteiger partial charge on any atom is 0.339 e. The van der Waals surface area contributed by atoms with Crippen molar-refractivity contribution >= 4 is 5.97 Å². The summed E-state index contributed by atoms with van der Waals surface area (Å²) in [4.78, 5) is 11.1. The number of aromatic carboxylic acids is 1. The van der Waals surface area contributed by atoms with Gasteiger partial charge >= 0.3 is 5.97 Å². The lowest BCUT2D eigenvalue weighted by atomic mass is 9.81. The Morgan fingerprint density at radius 3 is 2.38 bits per heavy atom. The molecule has 0 saturated carbocycles. The summed E-state index contributed by atoms with van der Waals surface area (Å²) >= 11 is 0. The van der Waals surface area contributed by atoms with Crippen molar-refractivity contribution in [3.63, 3.8) is 0 Å². The predicted octanol–water partition coefficient (Wildman–Crippen LogP) is 4.45. The van der Waals surface area contributed by atoms with E-state index in [9.17, 15) is 9.90 Å². The summed E-state index contributed by atoms with van der Waals surface area (Å²) in [6, 6.07) is 12.8. The van der Waals surface area contributed by atoms with Gasteiger partial charge in [0.05, 0.1) is 0 Å². The van der Waals surface area contributed by atoms with Gasteiger partial charge in [0.1, 0.15) is 11.3 Å². The van der Waals surface area contributed by atoms with Crippen LogP contribution in [-0.2, 0) is 5.41 Å². The Morgan fingerprint density at radius 1 is 1.10 bits per heavy atom. The molecular formula is C18H20O3. The smallest absolute Gasteiger partial charge is 0.339 e. The molecule has 0 bridgehead atoms. The highest BCUT2D eigenvalue weighted by Gasteiger charge is 2.18. The van der Waals surface area contributed by atoms with Gasteiger partial charge in [-0.3, -0.25) is 0 Å². The molecule has 2 aromatic carbocycles. The van der Waals surface area contributed by atoms with Gasteiger partial charge in [0, 0.05) is 0 Å². The molecule has 2 aromatic rings. The minimum absolute atomic E-state index is 0.0720. The minimum Gasteiger partial charge on any atom is -0.507 e. The molecule has 0 radical (unpaired) electrons. The van der Waals surface area contributed by atoms with Gasteiger partial charge in [-0.25, -0.2) is 4.79 Å². The van der Waals surface area contributed by atoms with Crippen LogP contribution in [0.1, 0.15) is 43.1 Å². The molecule has 0 unspecified atom stereocenters. The number of carboxylic acid groups (broad SMARTS) is 1. The molecule has 0 aliphatic carbocycles. The average molecular weight is 284 g/mol. The number of benzene rings is 2. The summed E-state index contributed by atoms with van der Waals surface area (Å²) < 4.78 is 0. The third-order valence-corrected chi connectivity index (χ3v) is 4.09. The molecule has 21 heavy (non-hydrogen) atoms. The quantitative estimate of drug-likeness (QED) is 0.872. The number of carboxylic acids is 1. The van der Waals surface area contributed by atoms with Crippen molar-refractivity contribution in [2.24, 2.45) is 0 Å². The van der Waals surface area contributed by atoms with Crippen LogP contribution in [0.3, 0.4) is 0 Å². The SMILES string of the molecule is CCC(C)(C)c1cccc(-c2ccc(O)c(C(=O)O)c2)c1. The maximum absolute atomic E-state index is 11.1. The number of hydrogen-bond acceptors (Lipinski definition) is 2. The first kappa shape index (κ1) is 15.1. The Kier molecular flexibility index (Phi) is 4.03. The number of carbonyl (C=O) groups is 1. The molecule has 0 fully saturated rings. The molecule has 0 amide bonds. The van der Waals surface area contributed by atoms with E-state index >= 15 is 0 Å². The zero-order valence-corrected chi connectivity index (χ0v) is 12.6. The van der Waals surface area contributed by atoms with Crippen LogP contribution < -0.4 is 0 Å². The van der Waals surface area contributed by atoms with E-state index in [1.54, 1.807) is 6.07 Å². The number of hydrogen-bond donors (Lipinski definition) is 2. The molecule has 0 spiro atoms. The Labute approximate surface area is 124 Å². The Bertz CT molecular complexity index is 672. The third-order valence-electron chi connectivity index (χ3n) is 4.09. The van der Waals surface area contributed by atoms with E-state index in [1.807, 2.05) is 12.1 Å². The molecule has 0 saturated heterocycles. The van der Waals surface area contributed by atoms with Crippen LogP contribution in [0.5, 0.6) is 5.75 Å². The van der Waals surface area contributed by atoms with Gasteiger partial charge in [-0.15, -0.1) is 0 Å². The van der Waals surface area contributed by atoms with Crippen LogP contribution in [0.15, 0.2) is 42.5 Å². The zero-order chi connectivity index (χ0) is 15.6. The van der Waals surface area contributed by atoms with E-state index in [0.29, 0.717) is 0 Å². The summed E-state index contributed by atoms with van der Waals surface area (Å²) in [5.74, 6) is -1.34. The summed E-state index contributed by atoms with van der Waals surface area (Å²) in [6.07, 6.45) is 1.02. The van der Waals surface area contributed by atoms with Crippen molar-refractivity contribution in [1.29, 1.82) is 0 Å². The van der Waals surface area contributed by atoms with Crippen molar-refractivity contribution in [2.75, 3.05) is 0 Å². The first-order valence-corrected chi connectivity index (χ1v) is 7.02. The van der Waals surface area contributed by atoms with E-state index in [2.05, 4.69) is 32.9 Å². The van der Waals surface area contributed by atoms with E-state index in [1.165, 1.54) is 17.7 Å². The van der Waals surface area contributed by atoms with Crippen molar-refractivity contribution < 1.29 is 15.0 Å². The second kappa shape index (κ2) is 5.60. The molecule has 0 aliphatic rings. The van der Waals surface area contributed by atoms with Gasteiger partial charge in [0.15, 0.2) is 0 Å². The van der Waals surface area contributed by atoms with Gasteiger partial charge in [0.25, 0.3) is 0 Å². The monoisotopic (exact) mass is 284 g/mol. The van der Waals surface area contributed by atoms with Crippen LogP contribution in [-0.4, -0.2) is 16.2 Å². The Morgan fingerprint density at radius 2 is 1.76 bits per heavy atom. The molecule has 0 atom stereocenters. The van der Waals surface area contributed by atoms with E-state index < -0.39 is 5.97 Å². The van der Waals surface area contributed by atoms with Gasteiger partial charge in [-0.2, -0.15) is 0 Å². The minimum atomic E-state index is -1.13. The van der Waals surface area contributed by atoms with Crippen molar-refractivity contribution in [3.8, 4) is 16.9 Å². The largest absolute Gasteiger partial charge is 0.507 e. The zero-order valence-electron chi connectivity index (χ0n) is 12.6. The fraction of sp³-hybridized carbons (Fsp3) is 0.278. The van der Waals surface area contributed by atoms with Crippen molar-refractivity contribution in [3.05, 3.63) is 53.6 Å². The molecule has 3 nitrogen and oxygen atoms in total. The molecule has 0 aromatic heterocycles. The number of phenols is 1. The normalized spacial score (nSPS) is 11.4. The highest BCUT2D eigenvalue weighted by Crippen LogP contribution is 2.31. The fourth-order valence-electron chi connectivity index (χ4n) is 2.21. The highest BCUT2D eigenvalue weighted by atomic mass is 16.4. The van der Waals surface area contributed by atoms with Gasteiger partial charge in [0.2, 0.25) is 0 Å². The number of aromatic hydroxyl groups is 1. The second-order valence-corrected chi connectivity index (χ2v) is 5.86. The van der Waals surface area contributed by atoms with Crippen LogP contribution in [0, 0.1) is 0 Å². The third kappa shape index (κ3) is 3.07. The molecule has 110 valence electrons. The fourth-order valence-corrected chi connectivity index (χ4v) is 2.21. The van der Waals surface area contributed by atoms with Gasteiger partial charge < -0.3 is 10.2 Å². The molecule has 0 aliphatic heterocycles. The van der Waals surface area contributed by atoms with Crippen LogP contribution >= 0.6 is 0 Å². The first-order valence-electron chi connectivity index (χ1n) is 7.02. The molecule has 0 heterocycles. The summed E-state index contributed by atoms with van der Waals surface area (Å²) in [7, 11) is 0. The van der Waals surface area contributed by atoms with Crippen molar-refractivity contribution in [2.45, 2.75) is 32.6 Å². The maximum atomic E-state index is 11.1. The van der Waals surface area contributed by atoms with Crippen LogP contribution in [0.4, 0.5) is 0 Å². The number of rotatable bonds is 4. The van der Waals surface area contributed by atoms with Crippen LogP contribution in [0.2, 0.25) is 0 Å². The van der Waals surface area contributed by atoms with E-state index in [4.69, 9.17) is 5.11 Å². The summed E-state index contributed by atoms with van der Waals surface area (Å²) in [5.41, 5.74) is 2.96. The highest BCUT2D eigenvalue weighted by molar-refractivity contribution is 5.92. The molecule has 2 rings (SSSR count). The molecule has 2 N–H and O–H groups in total. The summed E-state index contributed by atoms with van der Waals surface area (Å²) in [5, 5.41) is 18.7. The Balaban J connectivity index is 2.50. The average Bonchev–Trinajstić information content (AvgIpc) is 2.47. The lowest BCUT2D eigenvalue weighted by Crippen LogP contribution is -2.15. The second-order valence-electron chi connectivity index (χ2n) is 5.86. The lowest BCUT2D eigenvalue weighted by molar-refractivity contribution is 0.0694. The van der Waals surface area contributed by atoms with Crippen LogP contribution in [0.25, 0.3) is 11.1 Å². The Hall–Kier alpha value is -2.29. The predicted molar refractivity (Wildman–Crippen MR) is 83.8 cm³/mol. The van der Waals surface area contributed by atoms with E-state index in [0.717, 1.165) is 17.5 Å². The van der Waals surface area contributed by atoms with Gasteiger partial charge in [-0.1, -0.05) is 51.1 Å². The van der Waals surface area contributed by atoms with E-state index in [-0.39, 0.29) is 16.7 Å². The first-order chi connectivity index (χ1) is 9.85. The topological polar surface area (TPSA) is 57.5 Å². The molecular weight excluding hydrogens is 264 g/mol. The standard InChI is InChI=1S/C18H20O3/c1-4-18(2,3)14-7-5-6-12(10-14)13-8-9-16(19)15(11-13)17(20)21/h5-11,19H,4H2,1-3H3,(H,20,21). The van der Waals surface area contributed by atoms with Crippen molar-refractivity contribution in [1.82, 2.24) is 0 Å².